The van der Waals surface area contributed by atoms with Gasteiger partial charge < -0.3 is 30.9 Å². The molecule has 2 rings (SSSR count). The van der Waals surface area contributed by atoms with E-state index in [2.05, 4.69) is 27.8 Å². The summed E-state index contributed by atoms with van der Waals surface area (Å²) in [5.74, 6) is -2.09. The molecule has 3 atom stereocenters. The zero-order chi connectivity index (χ0) is 25.3. The van der Waals surface area contributed by atoms with Crippen LogP contribution in [0, 0.1) is 0 Å². The summed E-state index contributed by atoms with van der Waals surface area (Å²) in [5, 5.41) is 9.78. The van der Waals surface area contributed by atoms with Gasteiger partial charge in [0.15, 0.2) is 0 Å². The summed E-state index contributed by atoms with van der Waals surface area (Å²) in [6.45, 7) is 6.93. The maximum absolute atomic E-state index is 12.8. The Morgan fingerprint density at radius 3 is 2.35 bits per heavy atom. The van der Waals surface area contributed by atoms with Crippen molar-refractivity contribution in [2.75, 3.05) is 13.6 Å². The Morgan fingerprint density at radius 1 is 1.06 bits per heavy atom. The fourth-order valence-corrected chi connectivity index (χ4v) is 3.36. The minimum absolute atomic E-state index is 0.0448. The predicted octanol–water partition coefficient (Wildman–Crippen LogP) is 0.173. The highest BCUT2D eigenvalue weighted by molar-refractivity contribution is 6.01. The van der Waals surface area contributed by atoms with E-state index in [1.54, 1.807) is 12.1 Å². The molecule has 0 aromatic heterocycles. The number of rotatable bonds is 9. The van der Waals surface area contributed by atoms with E-state index in [0.717, 1.165) is 5.56 Å². The van der Waals surface area contributed by atoms with Crippen LogP contribution >= 0.6 is 0 Å². The Bertz CT molecular complexity index is 935. The van der Waals surface area contributed by atoms with E-state index in [4.69, 9.17) is 4.74 Å². The van der Waals surface area contributed by atoms with Crippen LogP contribution in [-0.2, 0) is 30.5 Å². The second-order valence-electron chi connectivity index (χ2n) is 7.90. The molecule has 5 amide bonds. The molecule has 1 heterocycles. The van der Waals surface area contributed by atoms with Crippen molar-refractivity contribution in [2.45, 2.75) is 51.4 Å². The number of amides is 5. The summed E-state index contributed by atoms with van der Waals surface area (Å²) >= 11 is 0. The van der Waals surface area contributed by atoms with E-state index in [1.807, 2.05) is 18.2 Å². The SMILES string of the molecule is C=C(NC(=O)[C@@H](C)NC(=O)OCc1ccccc1)C(=O)N1CCC[C@H]1C(=O)N[C@H](C)C(=O)NC. The van der Waals surface area contributed by atoms with Gasteiger partial charge in [0.1, 0.15) is 24.7 Å². The van der Waals surface area contributed by atoms with Crippen LogP contribution in [0.15, 0.2) is 42.6 Å². The first-order chi connectivity index (χ1) is 16.1. The zero-order valence-electron chi connectivity index (χ0n) is 19.6. The second kappa shape index (κ2) is 12.4. The van der Waals surface area contributed by atoms with E-state index in [-0.39, 0.29) is 18.2 Å². The minimum atomic E-state index is -1.00. The maximum Gasteiger partial charge on any atom is 0.408 e. The lowest BCUT2D eigenvalue weighted by Crippen LogP contribution is -2.53. The molecule has 0 saturated carbocycles. The van der Waals surface area contributed by atoms with E-state index in [1.165, 1.54) is 25.8 Å². The number of hydrogen-bond donors (Lipinski definition) is 4. The van der Waals surface area contributed by atoms with Crippen LogP contribution in [-0.4, -0.2) is 66.3 Å². The second-order valence-corrected chi connectivity index (χ2v) is 7.90. The molecule has 1 fully saturated rings. The number of nitrogens with one attached hydrogen (secondary N) is 4. The van der Waals surface area contributed by atoms with Crippen LogP contribution in [0.2, 0.25) is 0 Å². The maximum atomic E-state index is 12.8. The van der Waals surface area contributed by atoms with Gasteiger partial charge in [-0.1, -0.05) is 36.9 Å². The number of carbonyl (C=O) groups excluding carboxylic acids is 5. The number of likely N-dealkylation sites (tertiary alicyclic amines) is 1. The summed E-state index contributed by atoms with van der Waals surface area (Å²) in [6.07, 6.45) is 0.222. The smallest absolute Gasteiger partial charge is 0.408 e. The van der Waals surface area contributed by atoms with Gasteiger partial charge in [0, 0.05) is 13.6 Å². The molecule has 1 saturated heterocycles. The van der Waals surface area contributed by atoms with Gasteiger partial charge in [-0.05, 0) is 32.3 Å². The van der Waals surface area contributed by atoms with Crippen LogP contribution in [0.4, 0.5) is 4.79 Å². The molecule has 1 aliphatic heterocycles. The van der Waals surface area contributed by atoms with Crippen LogP contribution in [0.5, 0.6) is 0 Å². The van der Waals surface area contributed by atoms with Crippen molar-refractivity contribution in [1.29, 1.82) is 0 Å². The summed E-state index contributed by atoms with van der Waals surface area (Å²) in [6, 6.07) is 6.52. The average molecular weight is 474 g/mol. The van der Waals surface area contributed by atoms with Crippen LogP contribution in [0.25, 0.3) is 0 Å². The molecule has 1 aromatic rings. The van der Waals surface area contributed by atoms with Crippen LogP contribution in [0.3, 0.4) is 0 Å². The molecule has 0 spiro atoms. The Hall–Kier alpha value is -3.89. The highest BCUT2D eigenvalue weighted by atomic mass is 16.5. The number of nitrogens with zero attached hydrogens (tertiary/aromatic N) is 1. The average Bonchev–Trinajstić information content (AvgIpc) is 3.32. The molecule has 1 aliphatic rings. The Morgan fingerprint density at radius 2 is 1.71 bits per heavy atom. The van der Waals surface area contributed by atoms with Crippen molar-refractivity contribution in [3.05, 3.63) is 48.2 Å². The molecule has 1 aromatic carbocycles. The highest BCUT2D eigenvalue weighted by Gasteiger charge is 2.36. The van der Waals surface area contributed by atoms with Gasteiger partial charge >= 0.3 is 6.09 Å². The van der Waals surface area contributed by atoms with Crippen molar-refractivity contribution in [3.63, 3.8) is 0 Å². The summed E-state index contributed by atoms with van der Waals surface area (Å²) in [5.41, 5.74) is 0.568. The van der Waals surface area contributed by atoms with Gasteiger partial charge in [0.05, 0.1) is 5.70 Å². The summed E-state index contributed by atoms with van der Waals surface area (Å²) in [7, 11) is 1.46. The number of benzene rings is 1. The van der Waals surface area contributed by atoms with Gasteiger partial charge in [0.2, 0.25) is 17.7 Å². The predicted molar refractivity (Wildman–Crippen MR) is 123 cm³/mol. The Labute approximate surface area is 198 Å². The van der Waals surface area contributed by atoms with Crippen molar-refractivity contribution >= 4 is 29.7 Å². The van der Waals surface area contributed by atoms with Crippen LogP contribution in [0.1, 0.15) is 32.3 Å². The molecule has 0 bridgehead atoms. The third-order valence-corrected chi connectivity index (χ3v) is 5.29. The van der Waals surface area contributed by atoms with Gasteiger partial charge in [-0.15, -0.1) is 0 Å². The molecule has 184 valence electrons. The first-order valence-corrected chi connectivity index (χ1v) is 10.9. The largest absolute Gasteiger partial charge is 0.445 e. The van der Waals surface area contributed by atoms with Crippen LogP contribution < -0.4 is 21.3 Å². The summed E-state index contributed by atoms with van der Waals surface area (Å²) < 4.78 is 5.08. The molecule has 11 heteroatoms. The lowest BCUT2D eigenvalue weighted by molar-refractivity contribution is -0.137. The van der Waals surface area contributed by atoms with Gasteiger partial charge in [0.25, 0.3) is 5.91 Å². The van der Waals surface area contributed by atoms with E-state index in [9.17, 15) is 24.0 Å². The molecule has 0 radical (unpaired) electrons. The van der Waals surface area contributed by atoms with Gasteiger partial charge in [-0.25, -0.2) is 4.79 Å². The van der Waals surface area contributed by atoms with Gasteiger partial charge in [-0.2, -0.15) is 0 Å². The quantitative estimate of drug-likeness (QED) is 0.376. The normalized spacial score (nSPS) is 16.6. The monoisotopic (exact) mass is 473 g/mol. The molecule has 0 aliphatic carbocycles. The topological polar surface area (TPSA) is 146 Å². The highest BCUT2D eigenvalue weighted by Crippen LogP contribution is 2.19. The van der Waals surface area contributed by atoms with Crippen molar-refractivity contribution < 1.29 is 28.7 Å². The summed E-state index contributed by atoms with van der Waals surface area (Å²) in [4.78, 5) is 62.7. The number of hydrogen-bond acceptors (Lipinski definition) is 6. The fourth-order valence-electron chi connectivity index (χ4n) is 3.36. The molecule has 0 unspecified atom stereocenters. The van der Waals surface area contributed by atoms with E-state index >= 15 is 0 Å². The third-order valence-electron chi connectivity index (χ3n) is 5.29. The van der Waals surface area contributed by atoms with Crippen molar-refractivity contribution in [2.24, 2.45) is 0 Å². The number of carbonyl (C=O) groups is 5. The zero-order valence-corrected chi connectivity index (χ0v) is 19.6. The molecular weight excluding hydrogens is 442 g/mol. The minimum Gasteiger partial charge on any atom is -0.445 e. The molecule has 34 heavy (non-hydrogen) atoms. The van der Waals surface area contributed by atoms with Gasteiger partial charge in [-0.3, -0.25) is 19.2 Å². The number of alkyl carbamates (subject to hydrolysis) is 1. The molecular formula is C23H31N5O6. The standard InChI is InChI=1S/C23H31N5O6/c1-14(19(29)24-4)25-21(31)18-11-8-12-28(18)22(32)16(3)26-20(30)15(2)27-23(33)34-13-17-9-6-5-7-10-17/h5-7,9-10,14-15,18H,3,8,11-13H2,1-2,4H3,(H,24,29)(H,25,31)(H,26,30)(H,27,33)/t14-,15-,18+/m1/s1. The van der Waals surface area contributed by atoms with E-state index in [0.29, 0.717) is 19.4 Å². The lowest BCUT2D eigenvalue weighted by atomic mass is 10.2. The first kappa shape index (κ1) is 26.4. The number of likely N-dealkylation sites (N-methyl/N-ethyl adjacent to an activating group) is 1. The van der Waals surface area contributed by atoms with Crippen molar-refractivity contribution in [1.82, 2.24) is 26.2 Å². The fraction of sp³-hybridized carbons (Fsp3) is 0.435. The molecule has 11 nitrogen and oxygen atoms in total. The molecule has 4 N–H and O–H groups in total. The first-order valence-electron chi connectivity index (χ1n) is 10.9. The third kappa shape index (κ3) is 7.32. The Balaban J connectivity index is 1.85. The lowest BCUT2D eigenvalue weighted by Gasteiger charge is -2.26. The van der Waals surface area contributed by atoms with E-state index < -0.39 is 41.9 Å². The number of ether oxygens (including phenoxy) is 1. The Kier molecular flexibility index (Phi) is 9.60. The van der Waals surface area contributed by atoms with Crippen molar-refractivity contribution in [3.8, 4) is 0 Å².